The summed E-state index contributed by atoms with van der Waals surface area (Å²) in [4.78, 5) is 17.0. The molecule has 0 radical (unpaired) electrons. The third-order valence-corrected chi connectivity index (χ3v) is 5.94. The van der Waals surface area contributed by atoms with Gasteiger partial charge in [0.25, 0.3) is 0 Å². The molecule has 1 aromatic rings. The SMILES string of the molecule is Cc1ccc(S(=O)(=O)N[C@H](CC(C)C)C(=O)N2CCN(C)CC2)cc1. The molecular weight excluding hydrogens is 338 g/mol. The highest BCUT2D eigenvalue weighted by Crippen LogP contribution is 2.15. The number of nitrogens with one attached hydrogen (secondary N) is 1. The summed E-state index contributed by atoms with van der Waals surface area (Å²) in [6.45, 7) is 8.78. The Balaban J connectivity index is 2.16. The average molecular weight is 368 g/mol. The van der Waals surface area contributed by atoms with E-state index in [1.807, 2.05) is 27.8 Å². The lowest BCUT2D eigenvalue weighted by molar-refractivity contribution is -0.135. The van der Waals surface area contributed by atoms with Crippen molar-refractivity contribution in [2.45, 2.75) is 38.1 Å². The van der Waals surface area contributed by atoms with Crippen molar-refractivity contribution >= 4 is 15.9 Å². The van der Waals surface area contributed by atoms with E-state index >= 15 is 0 Å². The van der Waals surface area contributed by atoms with Gasteiger partial charge in [0.15, 0.2) is 0 Å². The first-order valence-electron chi connectivity index (χ1n) is 8.75. The number of hydrogen-bond acceptors (Lipinski definition) is 4. The number of nitrogens with zero attached hydrogens (tertiary/aromatic N) is 2. The van der Waals surface area contributed by atoms with Gasteiger partial charge in [-0.25, -0.2) is 8.42 Å². The largest absolute Gasteiger partial charge is 0.339 e. The monoisotopic (exact) mass is 367 g/mol. The number of carbonyl (C=O) groups is 1. The summed E-state index contributed by atoms with van der Waals surface area (Å²) in [5.74, 6) is 0.0830. The Kier molecular flexibility index (Phi) is 6.59. The molecule has 1 fully saturated rings. The van der Waals surface area contributed by atoms with E-state index in [9.17, 15) is 13.2 Å². The number of amides is 1. The van der Waals surface area contributed by atoms with E-state index in [1.165, 1.54) is 0 Å². The molecule has 0 spiro atoms. The van der Waals surface area contributed by atoms with Crippen molar-refractivity contribution in [3.8, 4) is 0 Å². The molecule has 7 heteroatoms. The Morgan fingerprint density at radius 1 is 1.12 bits per heavy atom. The first-order valence-corrected chi connectivity index (χ1v) is 10.2. The lowest BCUT2D eigenvalue weighted by atomic mass is 10.0. The van der Waals surface area contributed by atoms with E-state index < -0.39 is 16.1 Å². The van der Waals surface area contributed by atoms with Gasteiger partial charge in [-0.2, -0.15) is 4.72 Å². The third-order valence-electron chi connectivity index (χ3n) is 4.45. The topological polar surface area (TPSA) is 69.7 Å². The van der Waals surface area contributed by atoms with Crippen molar-refractivity contribution in [1.82, 2.24) is 14.5 Å². The molecule has 6 nitrogen and oxygen atoms in total. The molecule has 0 bridgehead atoms. The van der Waals surface area contributed by atoms with E-state index in [0.29, 0.717) is 19.5 Å². The van der Waals surface area contributed by atoms with E-state index in [4.69, 9.17) is 0 Å². The van der Waals surface area contributed by atoms with E-state index in [0.717, 1.165) is 18.7 Å². The Morgan fingerprint density at radius 3 is 2.20 bits per heavy atom. The predicted molar refractivity (Wildman–Crippen MR) is 98.8 cm³/mol. The smallest absolute Gasteiger partial charge is 0.241 e. The zero-order valence-corrected chi connectivity index (χ0v) is 16.3. The molecule has 1 atom stereocenters. The second-order valence-electron chi connectivity index (χ2n) is 7.25. The molecule has 1 amide bonds. The zero-order valence-electron chi connectivity index (χ0n) is 15.5. The van der Waals surface area contributed by atoms with Crippen LogP contribution in [0.5, 0.6) is 0 Å². The van der Waals surface area contributed by atoms with Crippen LogP contribution < -0.4 is 4.72 Å². The van der Waals surface area contributed by atoms with Gasteiger partial charge >= 0.3 is 0 Å². The van der Waals surface area contributed by atoms with Crippen LogP contribution in [0.2, 0.25) is 0 Å². The molecule has 1 aromatic carbocycles. The number of carbonyl (C=O) groups excluding carboxylic acids is 1. The number of sulfonamides is 1. The molecule has 0 unspecified atom stereocenters. The van der Waals surface area contributed by atoms with Crippen LogP contribution in [0.3, 0.4) is 0 Å². The summed E-state index contributed by atoms with van der Waals surface area (Å²) in [6, 6.07) is 5.94. The first kappa shape index (κ1) is 19.9. The average Bonchev–Trinajstić information content (AvgIpc) is 2.54. The number of piperazine rings is 1. The van der Waals surface area contributed by atoms with Gasteiger partial charge in [-0.3, -0.25) is 4.79 Å². The lowest BCUT2D eigenvalue weighted by Crippen LogP contribution is -2.54. The first-order chi connectivity index (χ1) is 11.7. The van der Waals surface area contributed by atoms with Crippen molar-refractivity contribution in [1.29, 1.82) is 0 Å². The highest BCUT2D eigenvalue weighted by molar-refractivity contribution is 7.89. The van der Waals surface area contributed by atoms with Gasteiger partial charge in [-0.05, 0) is 38.4 Å². The molecule has 0 saturated carbocycles. The fourth-order valence-electron chi connectivity index (χ4n) is 2.89. The molecule has 140 valence electrons. The van der Waals surface area contributed by atoms with Crippen molar-refractivity contribution in [2.75, 3.05) is 33.2 Å². The predicted octanol–water partition coefficient (Wildman–Crippen LogP) is 1.46. The lowest BCUT2D eigenvalue weighted by Gasteiger charge is -2.35. The molecule has 1 heterocycles. The van der Waals surface area contributed by atoms with Crippen LogP contribution in [0.4, 0.5) is 0 Å². The summed E-state index contributed by atoms with van der Waals surface area (Å²) in [6.07, 6.45) is 0.482. The third kappa shape index (κ3) is 5.52. The summed E-state index contributed by atoms with van der Waals surface area (Å²) in [5.41, 5.74) is 0.992. The van der Waals surface area contributed by atoms with Gasteiger partial charge in [0.05, 0.1) is 4.90 Å². The van der Waals surface area contributed by atoms with Crippen LogP contribution in [0.15, 0.2) is 29.2 Å². The van der Waals surface area contributed by atoms with Crippen LogP contribution in [0.1, 0.15) is 25.8 Å². The van der Waals surface area contributed by atoms with E-state index in [-0.39, 0.29) is 16.7 Å². The molecule has 1 aliphatic rings. The normalized spacial score (nSPS) is 17.7. The molecule has 0 aromatic heterocycles. The van der Waals surface area contributed by atoms with Crippen molar-refractivity contribution < 1.29 is 13.2 Å². The quantitative estimate of drug-likeness (QED) is 0.826. The Hall–Kier alpha value is -1.44. The maximum atomic E-state index is 12.9. The van der Waals surface area contributed by atoms with Gasteiger partial charge in [0.1, 0.15) is 6.04 Å². The van der Waals surface area contributed by atoms with Crippen LogP contribution >= 0.6 is 0 Å². The van der Waals surface area contributed by atoms with Gasteiger partial charge in [-0.1, -0.05) is 31.5 Å². The molecular formula is C18H29N3O3S. The number of aryl methyl sites for hydroxylation is 1. The maximum absolute atomic E-state index is 12.9. The standard InChI is InChI=1S/C18H29N3O3S/c1-14(2)13-17(18(22)21-11-9-20(4)10-12-21)19-25(23,24)16-7-5-15(3)6-8-16/h5-8,14,17,19H,9-13H2,1-4H3/t17-/m1/s1. The molecule has 0 aliphatic carbocycles. The van der Waals surface area contributed by atoms with Crippen molar-refractivity contribution in [3.63, 3.8) is 0 Å². The fourth-order valence-corrected chi connectivity index (χ4v) is 4.09. The summed E-state index contributed by atoms with van der Waals surface area (Å²) < 4.78 is 28.0. The minimum absolute atomic E-state index is 0.127. The van der Waals surface area contributed by atoms with Crippen molar-refractivity contribution in [3.05, 3.63) is 29.8 Å². The number of likely N-dealkylation sites (N-methyl/N-ethyl adjacent to an activating group) is 1. The van der Waals surface area contributed by atoms with Gasteiger partial charge in [0.2, 0.25) is 15.9 Å². The number of benzene rings is 1. The van der Waals surface area contributed by atoms with Gasteiger partial charge in [0, 0.05) is 26.2 Å². The maximum Gasteiger partial charge on any atom is 0.241 e. The van der Waals surface area contributed by atoms with Crippen LogP contribution in [-0.2, 0) is 14.8 Å². The molecule has 1 aliphatic heterocycles. The highest BCUT2D eigenvalue weighted by Gasteiger charge is 2.31. The van der Waals surface area contributed by atoms with Gasteiger partial charge < -0.3 is 9.80 Å². The number of rotatable bonds is 6. The van der Waals surface area contributed by atoms with Crippen molar-refractivity contribution in [2.24, 2.45) is 5.92 Å². The Bertz CT molecular complexity index is 678. The zero-order chi connectivity index (χ0) is 18.6. The van der Waals surface area contributed by atoms with E-state index in [2.05, 4.69) is 9.62 Å². The molecule has 1 N–H and O–H groups in total. The Morgan fingerprint density at radius 2 is 1.68 bits per heavy atom. The van der Waals surface area contributed by atoms with E-state index in [1.54, 1.807) is 29.2 Å². The minimum Gasteiger partial charge on any atom is -0.339 e. The highest BCUT2D eigenvalue weighted by atomic mass is 32.2. The van der Waals surface area contributed by atoms with Gasteiger partial charge in [-0.15, -0.1) is 0 Å². The molecule has 25 heavy (non-hydrogen) atoms. The van der Waals surface area contributed by atoms with Crippen LogP contribution in [-0.4, -0.2) is 63.4 Å². The summed E-state index contributed by atoms with van der Waals surface area (Å²) in [7, 11) is -1.70. The second kappa shape index (κ2) is 8.29. The molecule has 1 saturated heterocycles. The Labute approximate surface area is 151 Å². The summed E-state index contributed by atoms with van der Waals surface area (Å²) in [5, 5.41) is 0. The fraction of sp³-hybridized carbons (Fsp3) is 0.611. The number of hydrogen-bond donors (Lipinski definition) is 1. The second-order valence-corrected chi connectivity index (χ2v) is 8.96. The van der Waals surface area contributed by atoms with Crippen LogP contribution in [0, 0.1) is 12.8 Å². The summed E-state index contributed by atoms with van der Waals surface area (Å²) >= 11 is 0. The van der Waals surface area contributed by atoms with Crippen LogP contribution in [0.25, 0.3) is 0 Å². The minimum atomic E-state index is -3.72. The molecule has 2 rings (SSSR count).